The van der Waals surface area contributed by atoms with Gasteiger partial charge in [-0.1, -0.05) is 0 Å². The predicted octanol–water partition coefficient (Wildman–Crippen LogP) is 1.03. The van der Waals surface area contributed by atoms with Gasteiger partial charge in [0.15, 0.2) is 5.79 Å². The normalized spacial score (nSPS) is 38.2. The summed E-state index contributed by atoms with van der Waals surface area (Å²) in [6.07, 6.45) is 2.53. The van der Waals surface area contributed by atoms with Gasteiger partial charge >= 0.3 is 0 Å². The zero-order valence-electron chi connectivity index (χ0n) is 13.8. The first-order valence-electron chi connectivity index (χ1n) is 8.61. The van der Waals surface area contributed by atoms with Crippen molar-refractivity contribution in [3.8, 4) is 5.75 Å². The van der Waals surface area contributed by atoms with Crippen LogP contribution in [0.3, 0.4) is 0 Å². The minimum atomic E-state index is -0.741. The number of fused-ring (bicyclic) bond motifs is 3. The number of hydrogen-bond donors (Lipinski definition) is 3. The highest BCUT2D eigenvalue weighted by atomic mass is 32.1. The number of thiazole rings is 1. The molecule has 0 aliphatic carbocycles. The monoisotopic (exact) mass is 345 g/mol. The topological polar surface area (TPSA) is 75.4 Å². The average Bonchev–Trinajstić information content (AvgIpc) is 3.18. The van der Waals surface area contributed by atoms with Gasteiger partial charge in [0, 0.05) is 24.7 Å². The number of methoxy groups -OCH3 is 1. The lowest BCUT2D eigenvalue weighted by Crippen LogP contribution is -2.68. The van der Waals surface area contributed by atoms with Crippen LogP contribution in [0.5, 0.6) is 5.75 Å². The first-order valence-corrected chi connectivity index (χ1v) is 9.43. The van der Waals surface area contributed by atoms with Gasteiger partial charge in [0.2, 0.25) is 0 Å². The Balaban J connectivity index is 1.48. The molecule has 4 fully saturated rings. The number of nitrogens with one attached hydrogen (secondary N) is 2. The molecule has 7 heteroatoms. The predicted molar refractivity (Wildman–Crippen MR) is 95.1 cm³/mol. The number of aromatic nitrogens is 1. The van der Waals surface area contributed by atoms with Crippen LogP contribution >= 0.6 is 11.3 Å². The quantitative estimate of drug-likeness (QED) is 0.755. The minimum Gasteiger partial charge on any atom is -0.497 e. The van der Waals surface area contributed by atoms with Crippen molar-refractivity contribution in [1.82, 2.24) is 20.5 Å². The van der Waals surface area contributed by atoms with Gasteiger partial charge < -0.3 is 9.64 Å². The van der Waals surface area contributed by atoms with Crippen LogP contribution in [0.15, 0.2) is 18.2 Å². The summed E-state index contributed by atoms with van der Waals surface area (Å²) in [5.74, 6) is 0.789. The number of rotatable bonds is 2. The van der Waals surface area contributed by atoms with Gasteiger partial charge in [-0.25, -0.2) is 4.98 Å². The summed E-state index contributed by atoms with van der Waals surface area (Å²) in [6.45, 7) is 4.45. The summed E-state index contributed by atoms with van der Waals surface area (Å²) in [7, 11) is 1.68. The van der Waals surface area contributed by atoms with E-state index < -0.39 is 5.79 Å². The fraction of sp³-hybridized carbons (Fsp3) is 0.588. The van der Waals surface area contributed by atoms with Crippen LogP contribution in [0.1, 0.15) is 17.8 Å². The van der Waals surface area contributed by atoms with E-state index in [1.54, 1.807) is 18.4 Å². The summed E-state index contributed by atoms with van der Waals surface area (Å²) in [4.78, 5) is 7.35. The Kier molecular flexibility index (Phi) is 3.21. The van der Waals surface area contributed by atoms with E-state index in [2.05, 4.69) is 21.6 Å². The van der Waals surface area contributed by atoms with Crippen LogP contribution in [-0.2, 0) is 5.79 Å². The Hall–Kier alpha value is -1.25. The maximum atomic E-state index is 6.73. The van der Waals surface area contributed by atoms with E-state index in [0.717, 1.165) is 34.1 Å². The van der Waals surface area contributed by atoms with E-state index in [-0.39, 0.29) is 5.54 Å². The number of benzene rings is 1. The third-order valence-corrected chi connectivity index (χ3v) is 7.11. The highest BCUT2D eigenvalue weighted by molar-refractivity contribution is 7.18. The molecule has 1 aromatic carbocycles. The highest BCUT2D eigenvalue weighted by Gasteiger charge is 2.55. The SMILES string of the molecule is COc1ccc2sc(C3(N)NCC4(CN5CCC4CC5)N3)nc2c1. The fourth-order valence-corrected chi connectivity index (χ4v) is 5.61. The van der Waals surface area contributed by atoms with E-state index >= 15 is 0 Å². The van der Waals surface area contributed by atoms with Crippen molar-refractivity contribution in [1.29, 1.82) is 0 Å². The maximum absolute atomic E-state index is 6.73. The Bertz CT molecular complexity index is 786. The van der Waals surface area contributed by atoms with Crippen molar-refractivity contribution in [2.45, 2.75) is 24.2 Å². The summed E-state index contributed by atoms with van der Waals surface area (Å²) in [6, 6.07) is 5.99. The smallest absolute Gasteiger partial charge is 0.175 e. The fourth-order valence-electron chi connectivity index (χ4n) is 4.62. The molecule has 128 valence electrons. The number of piperidine rings is 3. The van der Waals surface area contributed by atoms with Crippen molar-refractivity contribution in [2.75, 3.05) is 33.3 Å². The molecule has 2 atom stereocenters. The molecule has 6 rings (SSSR count). The molecule has 4 aliphatic heterocycles. The third kappa shape index (κ3) is 2.12. The summed E-state index contributed by atoms with van der Waals surface area (Å²) < 4.78 is 6.44. The lowest BCUT2D eigenvalue weighted by atomic mass is 9.73. The average molecular weight is 345 g/mol. The van der Waals surface area contributed by atoms with E-state index in [1.165, 1.54) is 25.9 Å². The second-order valence-corrected chi connectivity index (χ2v) is 8.38. The van der Waals surface area contributed by atoms with Gasteiger partial charge in [-0.05, 0) is 44.0 Å². The first kappa shape index (κ1) is 15.0. The summed E-state index contributed by atoms with van der Waals surface area (Å²) in [5, 5.41) is 8.20. The Morgan fingerprint density at radius 3 is 2.92 bits per heavy atom. The Labute approximate surface area is 145 Å². The number of ether oxygens (including phenoxy) is 1. The van der Waals surface area contributed by atoms with Crippen LogP contribution in [0.2, 0.25) is 0 Å². The molecule has 0 amide bonds. The molecule has 6 nitrogen and oxygen atoms in total. The molecule has 4 aliphatic rings. The van der Waals surface area contributed by atoms with Crippen molar-refractivity contribution < 1.29 is 4.74 Å². The summed E-state index contributed by atoms with van der Waals surface area (Å²) in [5.41, 5.74) is 7.75. The highest BCUT2D eigenvalue weighted by Crippen LogP contribution is 2.41. The first-order chi connectivity index (χ1) is 11.6. The standard InChI is InChI=1S/C17H23N5OS/c1-23-12-2-3-14-13(8-12)20-15(24-14)17(18)19-9-16(21-17)10-22-6-4-11(16)5-7-22/h2-3,8,11,19,21H,4-7,9-10,18H2,1H3. The molecule has 5 heterocycles. The molecule has 1 spiro atoms. The number of hydrogen-bond acceptors (Lipinski definition) is 7. The van der Waals surface area contributed by atoms with E-state index in [9.17, 15) is 0 Å². The molecular weight excluding hydrogens is 322 g/mol. The Morgan fingerprint density at radius 2 is 2.21 bits per heavy atom. The largest absolute Gasteiger partial charge is 0.497 e. The van der Waals surface area contributed by atoms with Gasteiger partial charge in [-0.2, -0.15) is 0 Å². The minimum absolute atomic E-state index is 0.0841. The van der Waals surface area contributed by atoms with Gasteiger partial charge in [0.25, 0.3) is 0 Å². The van der Waals surface area contributed by atoms with Crippen LogP contribution in [0.25, 0.3) is 10.2 Å². The molecule has 24 heavy (non-hydrogen) atoms. The molecule has 4 saturated heterocycles. The van der Waals surface area contributed by atoms with Crippen LogP contribution in [-0.4, -0.2) is 48.7 Å². The van der Waals surface area contributed by atoms with Crippen LogP contribution in [0, 0.1) is 5.92 Å². The van der Waals surface area contributed by atoms with Gasteiger partial charge in [-0.15, -0.1) is 11.3 Å². The summed E-state index contributed by atoms with van der Waals surface area (Å²) >= 11 is 1.65. The van der Waals surface area contributed by atoms with Gasteiger partial charge in [-0.3, -0.25) is 16.4 Å². The molecule has 2 bridgehead atoms. The lowest BCUT2D eigenvalue weighted by Gasteiger charge is -2.52. The molecular formula is C17H23N5OS. The number of nitrogens with two attached hydrogens (primary N) is 1. The molecule has 2 aromatic rings. The zero-order chi connectivity index (χ0) is 16.4. The molecule has 2 unspecified atom stereocenters. The van der Waals surface area contributed by atoms with Crippen LogP contribution < -0.4 is 21.1 Å². The van der Waals surface area contributed by atoms with Crippen molar-refractivity contribution in [3.63, 3.8) is 0 Å². The lowest BCUT2D eigenvalue weighted by molar-refractivity contribution is 0.0160. The molecule has 1 aromatic heterocycles. The second-order valence-electron chi connectivity index (χ2n) is 7.35. The zero-order valence-corrected chi connectivity index (χ0v) is 14.7. The second kappa shape index (κ2) is 5.12. The van der Waals surface area contributed by atoms with Crippen LogP contribution in [0.4, 0.5) is 0 Å². The van der Waals surface area contributed by atoms with E-state index in [0.29, 0.717) is 5.92 Å². The van der Waals surface area contributed by atoms with E-state index in [4.69, 9.17) is 15.5 Å². The third-order valence-electron chi connectivity index (χ3n) is 5.94. The van der Waals surface area contributed by atoms with Crippen molar-refractivity contribution >= 4 is 21.6 Å². The molecule has 0 radical (unpaired) electrons. The van der Waals surface area contributed by atoms with Gasteiger partial charge in [0.1, 0.15) is 10.8 Å². The Morgan fingerprint density at radius 1 is 1.38 bits per heavy atom. The van der Waals surface area contributed by atoms with Gasteiger partial charge in [0.05, 0.1) is 17.3 Å². The van der Waals surface area contributed by atoms with Crippen molar-refractivity contribution in [3.05, 3.63) is 23.2 Å². The molecule has 0 saturated carbocycles. The van der Waals surface area contributed by atoms with Crippen molar-refractivity contribution in [2.24, 2.45) is 11.7 Å². The van der Waals surface area contributed by atoms with E-state index in [1.807, 2.05) is 12.1 Å². The number of nitrogens with zero attached hydrogens (tertiary/aromatic N) is 2. The molecule has 4 N–H and O–H groups in total. The maximum Gasteiger partial charge on any atom is 0.175 e.